The molecule has 0 atom stereocenters. The highest BCUT2D eigenvalue weighted by Gasteiger charge is 2.12. The first-order valence-corrected chi connectivity index (χ1v) is 8.67. The Morgan fingerprint density at radius 2 is 2.00 bits per heavy atom. The second-order valence-corrected chi connectivity index (χ2v) is 7.12. The van der Waals surface area contributed by atoms with Gasteiger partial charge in [0.2, 0.25) is 10.0 Å². The number of carboxylic acid groups (broad SMARTS) is 1. The Morgan fingerprint density at radius 3 is 2.57 bits per heavy atom. The van der Waals surface area contributed by atoms with Gasteiger partial charge in [-0.1, -0.05) is 12.1 Å². The van der Waals surface area contributed by atoms with E-state index in [1.54, 1.807) is 6.20 Å². The Morgan fingerprint density at radius 1 is 1.29 bits per heavy atom. The minimum absolute atomic E-state index is 0.132. The van der Waals surface area contributed by atoms with Crippen molar-refractivity contribution < 1.29 is 18.3 Å². The fraction of sp³-hybridized carbons (Fsp3) is 0.231. The van der Waals surface area contributed by atoms with Crippen molar-refractivity contribution >= 4 is 27.3 Å². The molecule has 0 aliphatic heterocycles. The fourth-order valence-electron chi connectivity index (χ4n) is 1.70. The maximum atomic E-state index is 11.9. The van der Waals surface area contributed by atoms with Crippen LogP contribution in [0.2, 0.25) is 0 Å². The van der Waals surface area contributed by atoms with Crippen molar-refractivity contribution in [2.75, 3.05) is 6.54 Å². The van der Waals surface area contributed by atoms with Crippen LogP contribution in [0.3, 0.4) is 0 Å². The molecular weight excluding hydrogens is 312 g/mol. The van der Waals surface area contributed by atoms with Gasteiger partial charge in [0.1, 0.15) is 0 Å². The van der Waals surface area contributed by atoms with Crippen LogP contribution in [0.4, 0.5) is 0 Å². The van der Waals surface area contributed by atoms with Crippen LogP contribution in [0.1, 0.15) is 20.9 Å². The largest absolute Gasteiger partial charge is 0.478 e. The van der Waals surface area contributed by atoms with Crippen molar-refractivity contribution in [3.05, 3.63) is 52.0 Å². The van der Waals surface area contributed by atoms with Crippen LogP contribution in [0.25, 0.3) is 0 Å². The van der Waals surface area contributed by atoms with Crippen molar-refractivity contribution in [3.8, 4) is 0 Å². The van der Waals surface area contributed by atoms with Gasteiger partial charge in [-0.25, -0.2) is 22.9 Å². The van der Waals surface area contributed by atoms with Crippen molar-refractivity contribution in [1.29, 1.82) is 0 Å². The topological polar surface area (TPSA) is 96.4 Å². The standard InChI is InChI=1S/C13H14N2O4S2/c16-13(17)11-3-1-10(2-4-11)9-21(18,19)15-6-5-12-14-7-8-20-12/h1-4,7-8,15H,5-6,9H2,(H,16,17). The van der Waals surface area contributed by atoms with E-state index >= 15 is 0 Å². The number of aromatic nitrogens is 1. The number of sulfonamides is 1. The third kappa shape index (κ3) is 4.92. The molecule has 2 aromatic rings. The molecule has 6 nitrogen and oxygen atoms in total. The highest BCUT2D eigenvalue weighted by molar-refractivity contribution is 7.88. The lowest BCUT2D eigenvalue weighted by Crippen LogP contribution is -2.27. The van der Waals surface area contributed by atoms with Crippen LogP contribution in [-0.4, -0.2) is 31.0 Å². The molecule has 2 rings (SSSR count). The summed E-state index contributed by atoms with van der Waals surface area (Å²) in [5.74, 6) is -1.21. The summed E-state index contributed by atoms with van der Waals surface area (Å²) in [5, 5.41) is 11.5. The first-order chi connectivity index (χ1) is 9.96. The van der Waals surface area contributed by atoms with E-state index in [9.17, 15) is 13.2 Å². The lowest BCUT2D eigenvalue weighted by Gasteiger charge is -2.06. The smallest absolute Gasteiger partial charge is 0.335 e. The third-order valence-corrected chi connectivity index (χ3v) is 4.90. The SMILES string of the molecule is O=C(O)c1ccc(CS(=O)(=O)NCCc2nccs2)cc1. The lowest BCUT2D eigenvalue weighted by atomic mass is 10.1. The van der Waals surface area contributed by atoms with Crippen molar-refractivity contribution in [2.45, 2.75) is 12.2 Å². The van der Waals surface area contributed by atoms with Gasteiger partial charge < -0.3 is 5.11 Å². The highest BCUT2D eigenvalue weighted by Crippen LogP contribution is 2.08. The van der Waals surface area contributed by atoms with Gasteiger partial charge in [0.25, 0.3) is 0 Å². The third-order valence-electron chi connectivity index (χ3n) is 2.70. The van der Waals surface area contributed by atoms with Gasteiger partial charge in [-0.05, 0) is 17.7 Å². The predicted molar refractivity (Wildman–Crippen MR) is 79.8 cm³/mol. The molecule has 8 heteroatoms. The van der Waals surface area contributed by atoms with Crippen LogP contribution < -0.4 is 4.72 Å². The van der Waals surface area contributed by atoms with Gasteiger partial charge in [-0.3, -0.25) is 0 Å². The number of nitrogens with one attached hydrogen (secondary N) is 1. The number of hydrogen-bond donors (Lipinski definition) is 2. The molecule has 0 unspecified atom stereocenters. The molecule has 0 aliphatic carbocycles. The zero-order valence-corrected chi connectivity index (χ0v) is 12.7. The van der Waals surface area contributed by atoms with E-state index in [1.807, 2.05) is 5.38 Å². The average Bonchev–Trinajstić information content (AvgIpc) is 2.91. The second-order valence-electron chi connectivity index (χ2n) is 4.33. The molecule has 0 radical (unpaired) electrons. The first-order valence-electron chi connectivity index (χ1n) is 6.14. The number of benzene rings is 1. The van der Waals surface area contributed by atoms with E-state index in [0.717, 1.165) is 5.01 Å². The van der Waals surface area contributed by atoms with E-state index in [4.69, 9.17) is 5.11 Å². The zero-order chi connectivity index (χ0) is 15.3. The van der Waals surface area contributed by atoms with E-state index in [2.05, 4.69) is 9.71 Å². The van der Waals surface area contributed by atoms with Crippen LogP contribution in [-0.2, 0) is 22.2 Å². The molecule has 0 amide bonds. The van der Waals surface area contributed by atoms with E-state index < -0.39 is 16.0 Å². The van der Waals surface area contributed by atoms with E-state index in [0.29, 0.717) is 18.5 Å². The minimum atomic E-state index is -3.44. The summed E-state index contributed by atoms with van der Waals surface area (Å²) in [6.45, 7) is 0.295. The molecule has 112 valence electrons. The van der Waals surface area contributed by atoms with E-state index in [1.165, 1.54) is 35.6 Å². The van der Waals surface area contributed by atoms with Crippen LogP contribution in [0.15, 0.2) is 35.8 Å². The number of rotatable bonds is 7. The number of hydrogen-bond acceptors (Lipinski definition) is 5. The van der Waals surface area contributed by atoms with Gasteiger partial charge in [0.15, 0.2) is 0 Å². The quantitative estimate of drug-likeness (QED) is 0.804. The average molecular weight is 326 g/mol. The molecule has 0 spiro atoms. The van der Waals surface area contributed by atoms with Gasteiger partial charge in [0, 0.05) is 24.5 Å². The van der Waals surface area contributed by atoms with Gasteiger partial charge >= 0.3 is 5.97 Å². The monoisotopic (exact) mass is 326 g/mol. The Bertz CT molecular complexity index is 694. The molecule has 0 bridgehead atoms. The normalized spacial score (nSPS) is 11.4. The number of thiazole rings is 1. The molecule has 0 saturated heterocycles. The summed E-state index contributed by atoms with van der Waals surface area (Å²) in [6, 6.07) is 5.79. The Kier molecular flexibility index (Phi) is 5.05. The molecular formula is C13H14N2O4S2. The molecule has 1 aromatic carbocycles. The molecule has 0 fully saturated rings. The summed E-state index contributed by atoms with van der Waals surface area (Å²) in [5.41, 5.74) is 0.676. The first kappa shape index (κ1) is 15.6. The number of carbonyl (C=O) groups is 1. The minimum Gasteiger partial charge on any atom is -0.478 e. The van der Waals surface area contributed by atoms with Crippen LogP contribution in [0, 0.1) is 0 Å². The summed E-state index contributed by atoms with van der Waals surface area (Å²) in [6.07, 6.45) is 2.23. The Labute approximate surface area is 126 Å². The van der Waals surface area contributed by atoms with Gasteiger partial charge in [-0.2, -0.15) is 0 Å². The molecule has 2 N–H and O–H groups in total. The number of aromatic carboxylic acids is 1. The Hall–Kier alpha value is -1.77. The molecule has 0 saturated carbocycles. The summed E-state index contributed by atoms with van der Waals surface area (Å²) >= 11 is 1.48. The maximum Gasteiger partial charge on any atom is 0.335 e. The molecule has 1 aromatic heterocycles. The summed E-state index contributed by atoms with van der Waals surface area (Å²) in [4.78, 5) is 14.8. The predicted octanol–water partition coefficient (Wildman–Crippen LogP) is 1.50. The van der Waals surface area contributed by atoms with Crippen LogP contribution in [0.5, 0.6) is 0 Å². The highest BCUT2D eigenvalue weighted by atomic mass is 32.2. The molecule has 1 heterocycles. The van der Waals surface area contributed by atoms with Crippen molar-refractivity contribution in [1.82, 2.24) is 9.71 Å². The maximum absolute atomic E-state index is 11.9. The number of carboxylic acids is 1. The van der Waals surface area contributed by atoms with Crippen molar-refractivity contribution in [3.63, 3.8) is 0 Å². The zero-order valence-electron chi connectivity index (χ0n) is 11.0. The van der Waals surface area contributed by atoms with Gasteiger partial charge in [-0.15, -0.1) is 11.3 Å². The van der Waals surface area contributed by atoms with Crippen LogP contribution >= 0.6 is 11.3 Å². The second kappa shape index (κ2) is 6.79. The lowest BCUT2D eigenvalue weighted by molar-refractivity contribution is 0.0697. The van der Waals surface area contributed by atoms with Crippen molar-refractivity contribution in [2.24, 2.45) is 0 Å². The molecule has 21 heavy (non-hydrogen) atoms. The van der Waals surface area contributed by atoms with E-state index in [-0.39, 0.29) is 11.3 Å². The summed E-state index contributed by atoms with van der Waals surface area (Å²) in [7, 11) is -3.44. The molecule has 0 aliphatic rings. The summed E-state index contributed by atoms with van der Waals surface area (Å²) < 4.78 is 26.3. The van der Waals surface area contributed by atoms with Gasteiger partial charge in [0.05, 0.1) is 16.3 Å². The fourth-order valence-corrected chi connectivity index (χ4v) is 3.47. The number of nitrogens with zero attached hydrogens (tertiary/aromatic N) is 1. The Balaban J connectivity index is 1.89.